The van der Waals surface area contributed by atoms with E-state index in [0.717, 1.165) is 5.56 Å². The van der Waals surface area contributed by atoms with Crippen LogP contribution in [0.3, 0.4) is 0 Å². The summed E-state index contributed by atoms with van der Waals surface area (Å²) in [6.45, 7) is 1.86. The maximum atomic E-state index is 11.7. The first-order valence-electron chi connectivity index (χ1n) is 4.95. The van der Waals surface area contributed by atoms with Gasteiger partial charge in [-0.2, -0.15) is 0 Å². The first-order chi connectivity index (χ1) is 7.03. The maximum absolute atomic E-state index is 11.7. The first kappa shape index (κ1) is 12.2. The van der Waals surface area contributed by atoms with Crippen LogP contribution in [0, 0.1) is 0 Å². The Balaban J connectivity index is 2.65. The van der Waals surface area contributed by atoms with Gasteiger partial charge in [-0.3, -0.25) is 0 Å². The smallest absolute Gasteiger partial charge is 0.155 e. The highest BCUT2D eigenvalue weighted by Crippen LogP contribution is 2.06. The van der Waals surface area contributed by atoms with Crippen molar-refractivity contribution in [1.29, 1.82) is 0 Å². The summed E-state index contributed by atoms with van der Waals surface area (Å²) in [5.41, 5.74) is 0.848. The van der Waals surface area contributed by atoms with Crippen LogP contribution in [0.5, 0.6) is 0 Å². The Bertz CT molecular complexity index is 386. The normalized spacial score (nSPS) is 13.7. The molecule has 0 aliphatic heterocycles. The van der Waals surface area contributed by atoms with E-state index in [0.29, 0.717) is 0 Å². The van der Waals surface area contributed by atoms with Crippen LogP contribution in [-0.4, -0.2) is 27.3 Å². The fraction of sp³-hybridized carbons (Fsp3) is 0.455. The second kappa shape index (κ2) is 5.28. The predicted molar refractivity (Wildman–Crippen MR) is 62.5 cm³/mol. The number of sulfone groups is 1. The van der Waals surface area contributed by atoms with Crippen molar-refractivity contribution >= 4 is 9.84 Å². The number of hydrogen-bond acceptors (Lipinski definition) is 3. The van der Waals surface area contributed by atoms with Crippen molar-refractivity contribution in [3.63, 3.8) is 0 Å². The first-order valence-corrected chi connectivity index (χ1v) is 6.77. The highest BCUT2D eigenvalue weighted by molar-refractivity contribution is 7.90. The second-order valence-electron chi connectivity index (χ2n) is 3.73. The van der Waals surface area contributed by atoms with E-state index in [2.05, 4.69) is 5.32 Å². The highest BCUT2D eigenvalue weighted by atomic mass is 32.2. The molecule has 0 fully saturated rings. The molecular formula is C11H17NO2S. The van der Waals surface area contributed by atoms with Gasteiger partial charge in [-0.25, -0.2) is 8.42 Å². The largest absolute Gasteiger partial charge is 0.316 e. The summed E-state index contributed by atoms with van der Waals surface area (Å²) in [4.78, 5) is 0. The summed E-state index contributed by atoms with van der Waals surface area (Å²) < 4.78 is 23.5. The lowest BCUT2D eigenvalue weighted by Gasteiger charge is -2.10. The molecule has 3 nitrogen and oxygen atoms in total. The van der Waals surface area contributed by atoms with Crippen LogP contribution < -0.4 is 5.32 Å². The minimum absolute atomic E-state index is 0.00119. The molecule has 1 unspecified atom stereocenters. The van der Waals surface area contributed by atoms with Crippen molar-refractivity contribution in [2.24, 2.45) is 0 Å². The zero-order valence-corrected chi connectivity index (χ0v) is 9.92. The van der Waals surface area contributed by atoms with Gasteiger partial charge in [0.25, 0.3) is 0 Å². The molecule has 1 aromatic rings. The summed E-state index contributed by atoms with van der Waals surface area (Å²) in [6, 6.07) is 9.26. The van der Waals surface area contributed by atoms with Crippen LogP contribution in [0.4, 0.5) is 0 Å². The van der Waals surface area contributed by atoms with Crippen molar-refractivity contribution in [3.05, 3.63) is 35.9 Å². The van der Waals surface area contributed by atoms with Crippen LogP contribution in [0.2, 0.25) is 0 Å². The van der Waals surface area contributed by atoms with E-state index in [9.17, 15) is 8.42 Å². The zero-order valence-electron chi connectivity index (χ0n) is 9.10. The number of rotatable bonds is 5. The van der Waals surface area contributed by atoms with Crippen LogP contribution in [0.1, 0.15) is 12.5 Å². The SMILES string of the molecule is CNC(C)CS(=O)(=O)Cc1ccccc1. The van der Waals surface area contributed by atoms with Crippen molar-refractivity contribution in [3.8, 4) is 0 Å². The second-order valence-corrected chi connectivity index (χ2v) is 5.84. The average Bonchev–Trinajstić information content (AvgIpc) is 2.17. The number of benzene rings is 1. The minimum Gasteiger partial charge on any atom is -0.316 e. The van der Waals surface area contributed by atoms with Gasteiger partial charge in [-0.1, -0.05) is 30.3 Å². The number of hydrogen-bond donors (Lipinski definition) is 1. The molecule has 0 spiro atoms. The standard InChI is InChI=1S/C11H17NO2S/c1-10(12-2)8-15(13,14)9-11-6-4-3-5-7-11/h3-7,10,12H,8-9H2,1-2H3. The monoisotopic (exact) mass is 227 g/mol. The molecule has 84 valence electrons. The lowest BCUT2D eigenvalue weighted by atomic mass is 10.2. The van der Waals surface area contributed by atoms with E-state index in [4.69, 9.17) is 0 Å². The summed E-state index contributed by atoms with van der Waals surface area (Å²) in [5.74, 6) is 0.304. The van der Waals surface area contributed by atoms with Gasteiger partial charge in [-0.05, 0) is 19.5 Å². The zero-order chi connectivity index (χ0) is 11.3. The maximum Gasteiger partial charge on any atom is 0.155 e. The molecule has 1 rings (SSSR count). The van der Waals surface area contributed by atoms with E-state index in [-0.39, 0.29) is 17.5 Å². The molecule has 0 aliphatic rings. The van der Waals surface area contributed by atoms with Crippen molar-refractivity contribution in [1.82, 2.24) is 5.32 Å². The van der Waals surface area contributed by atoms with E-state index < -0.39 is 9.84 Å². The molecule has 0 bridgehead atoms. The topological polar surface area (TPSA) is 46.2 Å². The van der Waals surface area contributed by atoms with Gasteiger partial charge in [0.15, 0.2) is 9.84 Å². The van der Waals surface area contributed by atoms with Crippen molar-refractivity contribution < 1.29 is 8.42 Å². The van der Waals surface area contributed by atoms with Crippen LogP contribution in [0.25, 0.3) is 0 Å². The van der Waals surface area contributed by atoms with Crippen LogP contribution in [-0.2, 0) is 15.6 Å². The van der Waals surface area contributed by atoms with Crippen LogP contribution >= 0.6 is 0 Å². The molecule has 4 heteroatoms. The lowest BCUT2D eigenvalue weighted by Crippen LogP contribution is -2.30. The van der Waals surface area contributed by atoms with E-state index in [1.807, 2.05) is 37.3 Å². The van der Waals surface area contributed by atoms with E-state index in [1.54, 1.807) is 7.05 Å². The molecule has 15 heavy (non-hydrogen) atoms. The Hall–Kier alpha value is -0.870. The number of nitrogens with one attached hydrogen (secondary N) is 1. The third-order valence-corrected chi connectivity index (χ3v) is 4.01. The van der Waals surface area contributed by atoms with Crippen molar-refractivity contribution in [2.45, 2.75) is 18.7 Å². The quantitative estimate of drug-likeness (QED) is 0.822. The third kappa shape index (κ3) is 4.44. The van der Waals surface area contributed by atoms with Crippen molar-refractivity contribution in [2.75, 3.05) is 12.8 Å². The molecule has 0 radical (unpaired) electrons. The molecule has 0 amide bonds. The van der Waals surface area contributed by atoms with Gasteiger partial charge < -0.3 is 5.32 Å². The Morgan fingerprint density at radius 1 is 1.27 bits per heavy atom. The van der Waals surface area contributed by atoms with Gasteiger partial charge in [0.2, 0.25) is 0 Å². The van der Waals surface area contributed by atoms with Gasteiger partial charge in [0, 0.05) is 6.04 Å². The predicted octanol–water partition coefficient (Wildman–Crippen LogP) is 1.21. The fourth-order valence-corrected chi connectivity index (χ4v) is 3.10. The lowest BCUT2D eigenvalue weighted by molar-refractivity contribution is 0.577. The molecule has 0 aliphatic carbocycles. The van der Waals surface area contributed by atoms with E-state index in [1.165, 1.54) is 0 Å². The molecule has 0 saturated heterocycles. The Kier molecular flexibility index (Phi) is 4.29. The van der Waals surface area contributed by atoms with Gasteiger partial charge in [-0.15, -0.1) is 0 Å². The highest BCUT2D eigenvalue weighted by Gasteiger charge is 2.15. The molecule has 0 heterocycles. The average molecular weight is 227 g/mol. The van der Waals surface area contributed by atoms with Gasteiger partial charge in [0.1, 0.15) is 0 Å². The summed E-state index contributed by atoms with van der Waals surface area (Å²) >= 11 is 0. The summed E-state index contributed by atoms with van der Waals surface area (Å²) in [5, 5.41) is 2.93. The summed E-state index contributed by atoms with van der Waals surface area (Å²) in [6.07, 6.45) is 0. The van der Waals surface area contributed by atoms with Crippen LogP contribution in [0.15, 0.2) is 30.3 Å². The van der Waals surface area contributed by atoms with Gasteiger partial charge >= 0.3 is 0 Å². The van der Waals surface area contributed by atoms with E-state index >= 15 is 0 Å². The molecule has 0 saturated carbocycles. The molecule has 1 atom stereocenters. The summed E-state index contributed by atoms with van der Waals surface area (Å²) in [7, 11) is -1.24. The molecule has 1 N–H and O–H groups in total. The molecule has 0 aromatic heterocycles. The van der Waals surface area contributed by atoms with Gasteiger partial charge in [0.05, 0.1) is 11.5 Å². The Morgan fingerprint density at radius 2 is 1.87 bits per heavy atom. The minimum atomic E-state index is -3.01. The molecule has 1 aromatic carbocycles. The Morgan fingerprint density at radius 3 is 2.40 bits per heavy atom. The Labute approximate surface area is 91.4 Å². The molecular weight excluding hydrogens is 210 g/mol. The fourth-order valence-electron chi connectivity index (χ4n) is 1.35. The third-order valence-electron chi connectivity index (χ3n) is 2.23.